The molecule has 0 aliphatic heterocycles. The maximum atomic E-state index is 12.6. The first kappa shape index (κ1) is 15.5. The highest BCUT2D eigenvalue weighted by molar-refractivity contribution is 7.92. The van der Waals surface area contributed by atoms with Crippen molar-refractivity contribution in [3.63, 3.8) is 0 Å². The van der Waals surface area contributed by atoms with E-state index in [1.54, 1.807) is 25.1 Å². The maximum absolute atomic E-state index is 12.6. The number of rotatable bonds is 4. The Morgan fingerprint density at radius 2 is 1.76 bits per heavy atom. The van der Waals surface area contributed by atoms with Crippen LogP contribution in [-0.4, -0.2) is 8.42 Å². The zero-order valence-electron chi connectivity index (χ0n) is 12.5. The van der Waals surface area contributed by atoms with Crippen LogP contribution in [0.2, 0.25) is 0 Å². The molecule has 2 rings (SSSR count). The summed E-state index contributed by atoms with van der Waals surface area (Å²) in [5, 5.41) is 0. The molecular formula is C16H20N2O2S. The third-order valence-electron chi connectivity index (χ3n) is 3.48. The van der Waals surface area contributed by atoms with Crippen LogP contribution in [0.15, 0.2) is 41.3 Å². The Balaban J connectivity index is 2.45. The van der Waals surface area contributed by atoms with Crippen LogP contribution < -0.4 is 10.5 Å². The zero-order chi connectivity index (χ0) is 15.6. The van der Waals surface area contributed by atoms with Gasteiger partial charge in [0.1, 0.15) is 0 Å². The molecule has 0 aromatic heterocycles. The maximum Gasteiger partial charge on any atom is 0.262 e. The Bertz CT molecular complexity index is 768. The Labute approximate surface area is 126 Å². The molecule has 0 radical (unpaired) electrons. The lowest BCUT2D eigenvalue weighted by atomic mass is 10.1. The van der Waals surface area contributed by atoms with Crippen molar-refractivity contribution in [1.82, 2.24) is 0 Å². The van der Waals surface area contributed by atoms with Crippen molar-refractivity contribution in [3.05, 3.63) is 58.7 Å². The lowest BCUT2D eigenvalue weighted by molar-refractivity contribution is 0.600. The number of nitrogens with two attached hydrogens (primary N) is 1. The average molecular weight is 304 g/mol. The normalized spacial score (nSPS) is 11.4. The fourth-order valence-corrected chi connectivity index (χ4v) is 3.69. The molecule has 0 unspecified atom stereocenters. The van der Waals surface area contributed by atoms with Crippen LogP contribution in [0, 0.1) is 20.8 Å². The minimum absolute atomic E-state index is 0.289. The minimum Gasteiger partial charge on any atom is -0.326 e. The first-order valence-corrected chi connectivity index (χ1v) is 8.22. The van der Waals surface area contributed by atoms with E-state index in [0.29, 0.717) is 5.69 Å². The van der Waals surface area contributed by atoms with Crippen LogP contribution in [0.25, 0.3) is 0 Å². The molecule has 112 valence electrons. The summed E-state index contributed by atoms with van der Waals surface area (Å²) in [4.78, 5) is 0.289. The lowest BCUT2D eigenvalue weighted by Gasteiger charge is -2.15. The van der Waals surface area contributed by atoms with E-state index in [1.165, 1.54) is 0 Å². The number of hydrogen-bond donors (Lipinski definition) is 2. The van der Waals surface area contributed by atoms with Crippen LogP contribution in [0.5, 0.6) is 0 Å². The molecule has 2 aromatic carbocycles. The quantitative estimate of drug-likeness (QED) is 0.912. The molecule has 21 heavy (non-hydrogen) atoms. The molecule has 3 N–H and O–H groups in total. The molecule has 0 aliphatic rings. The molecule has 0 fully saturated rings. The van der Waals surface area contributed by atoms with Crippen molar-refractivity contribution < 1.29 is 8.42 Å². The number of hydrogen-bond acceptors (Lipinski definition) is 3. The fourth-order valence-electron chi connectivity index (χ4n) is 2.37. The summed E-state index contributed by atoms with van der Waals surface area (Å²) in [6.45, 7) is 5.93. The molecule has 0 saturated heterocycles. The highest BCUT2D eigenvalue weighted by Gasteiger charge is 2.18. The summed E-state index contributed by atoms with van der Waals surface area (Å²) in [5.41, 5.74) is 9.80. The van der Waals surface area contributed by atoms with E-state index in [2.05, 4.69) is 4.72 Å². The number of nitrogens with one attached hydrogen (secondary N) is 1. The van der Waals surface area contributed by atoms with Gasteiger partial charge in [-0.25, -0.2) is 8.42 Å². The van der Waals surface area contributed by atoms with E-state index in [0.717, 1.165) is 22.3 Å². The summed E-state index contributed by atoms with van der Waals surface area (Å²) < 4.78 is 27.8. The van der Waals surface area contributed by atoms with Crippen molar-refractivity contribution in [2.75, 3.05) is 4.72 Å². The van der Waals surface area contributed by atoms with Gasteiger partial charge >= 0.3 is 0 Å². The molecule has 0 bridgehead atoms. The summed E-state index contributed by atoms with van der Waals surface area (Å²) in [6.07, 6.45) is 0. The van der Waals surface area contributed by atoms with Crippen LogP contribution in [0.4, 0.5) is 5.69 Å². The zero-order valence-corrected chi connectivity index (χ0v) is 13.3. The summed E-state index contributed by atoms with van der Waals surface area (Å²) in [7, 11) is -3.62. The molecule has 0 heterocycles. The summed E-state index contributed by atoms with van der Waals surface area (Å²) >= 11 is 0. The van der Waals surface area contributed by atoms with Crippen molar-refractivity contribution in [2.24, 2.45) is 5.73 Å². The molecule has 0 spiro atoms. The van der Waals surface area contributed by atoms with Gasteiger partial charge < -0.3 is 5.73 Å². The third kappa shape index (κ3) is 3.25. The Kier molecular flexibility index (Phi) is 4.34. The number of anilines is 1. The molecule has 0 atom stereocenters. The third-order valence-corrected chi connectivity index (χ3v) is 5.00. The van der Waals surface area contributed by atoms with Gasteiger partial charge in [0.15, 0.2) is 0 Å². The summed E-state index contributed by atoms with van der Waals surface area (Å²) in [6, 6.07) is 10.7. The van der Waals surface area contributed by atoms with Gasteiger partial charge in [0.05, 0.1) is 10.6 Å². The molecule has 0 aliphatic carbocycles. The van der Waals surface area contributed by atoms with Crippen molar-refractivity contribution in [2.45, 2.75) is 32.2 Å². The van der Waals surface area contributed by atoms with Gasteiger partial charge in [-0.2, -0.15) is 0 Å². The SMILES string of the molecule is Cc1ccc(S(=O)(=O)Nc2cccc(C)c2CN)c(C)c1. The Morgan fingerprint density at radius 3 is 2.38 bits per heavy atom. The predicted octanol–water partition coefficient (Wildman–Crippen LogP) is 2.87. The van der Waals surface area contributed by atoms with E-state index < -0.39 is 10.0 Å². The van der Waals surface area contributed by atoms with Gasteiger partial charge in [0.25, 0.3) is 10.0 Å². The monoisotopic (exact) mass is 304 g/mol. The molecular weight excluding hydrogens is 284 g/mol. The van der Waals surface area contributed by atoms with Gasteiger partial charge in [-0.05, 0) is 49.6 Å². The Morgan fingerprint density at radius 1 is 1.05 bits per heavy atom. The van der Waals surface area contributed by atoms with Crippen molar-refractivity contribution >= 4 is 15.7 Å². The Hall–Kier alpha value is -1.85. The largest absolute Gasteiger partial charge is 0.326 e. The number of benzene rings is 2. The van der Waals surface area contributed by atoms with Gasteiger partial charge in [-0.3, -0.25) is 4.72 Å². The number of sulfonamides is 1. The van der Waals surface area contributed by atoms with Crippen LogP contribution >= 0.6 is 0 Å². The van der Waals surface area contributed by atoms with Crippen LogP contribution in [-0.2, 0) is 16.6 Å². The smallest absolute Gasteiger partial charge is 0.262 e. The average Bonchev–Trinajstić information content (AvgIpc) is 2.38. The lowest BCUT2D eigenvalue weighted by Crippen LogP contribution is -2.16. The molecule has 2 aromatic rings. The van der Waals surface area contributed by atoms with E-state index in [-0.39, 0.29) is 11.4 Å². The minimum atomic E-state index is -3.62. The van der Waals surface area contributed by atoms with Crippen LogP contribution in [0.3, 0.4) is 0 Å². The highest BCUT2D eigenvalue weighted by atomic mass is 32.2. The number of aryl methyl sites for hydroxylation is 3. The second-order valence-corrected chi connectivity index (χ2v) is 6.83. The standard InChI is InChI=1S/C16H20N2O2S/c1-11-7-8-16(13(3)9-11)21(19,20)18-15-6-4-5-12(2)14(15)10-17/h4-9,18H,10,17H2,1-3H3. The van der Waals surface area contributed by atoms with Gasteiger partial charge in [0.2, 0.25) is 0 Å². The van der Waals surface area contributed by atoms with Gasteiger partial charge in [-0.1, -0.05) is 29.8 Å². The van der Waals surface area contributed by atoms with Crippen molar-refractivity contribution in [1.29, 1.82) is 0 Å². The van der Waals surface area contributed by atoms with Crippen LogP contribution in [0.1, 0.15) is 22.3 Å². The topological polar surface area (TPSA) is 72.2 Å². The molecule has 5 heteroatoms. The second-order valence-electron chi connectivity index (χ2n) is 5.18. The van der Waals surface area contributed by atoms with E-state index in [9.17, 15) is 8.42 Å². The predicted molar refractivity (Wildman–Crippen MR) is 85.8 cm³/mol. The molecule has 0 saturated carbocycles. The van der Waals surface area contributed by atoms with E-state index in [4.69, 9.17) is 5.73 Å². The first-order valence-electron chi connectivity index (χ1n) is 6.74. The summed E-state index contributed by atoms with van der Waals surface area (Å²) in [5.74, 6) is 0. The molecule has 4 nitrogen and oxygen atoms in total. The van der Waals surface area contributed by atoms with Crippen molar-refractivity contribution in [3.8, 4) is 0 Å². The molecule has 0 amide bonds. The van der Waals surface area contributed by atoms with Gasteiger partial charge in [-0.15, -0.1) is 0 Å². The van der Waals surface area contributed by atoms with E-state index >= 15 is 0 Å². The highest BCUT2D eigenvalue weighted by Crippen LogP contribution is 2.24. The second kappa shape index (κ2) is 5.87. The first-order chi connectivity index (χ1) is 9.85. The fraction of sp³-hybridized carbons (Fsp3) is 0.250. The van der Waals surface area contributed by atoms with E-state index in [1.807, 2.05) is 32.0 Å². The van der Waals surface area contributed by atoms with Gasteiger partial charge in [0, 0.05) is 6.54 Å².